The maximum absolute atomic E-state index is 11.9. The lowest BCUT2D eigenvalue weighted by atomic mass is 9.96. The van der Waals surface area contributed by atoms with E-state index in [0.29, 0.717) is 13.2 Å². The molecule has 0 radical (unpaired) electrons. The van der Waals surface area contributed by atoms with Crippen molar-refractivity contribution < 1.29 is 22.3 Å². The summed E-state index contributed by atoms with van der Waals surface area (Å²) in [6, 6.07) is 15.2. The van der Waals surface area contributed by atoms with Crippen molar-refractivity contribution in [1.82, 2.24) is 9.88 Å². The third-order valence-electron chi connectivity index (χ3n) is 6.38. The molecule has 0 amide bonds. The van der Waals surface area contributed by atoms with Crippen LogP contribution in [0.2, 0.25) is 0 Å². The highest BCUT2D eigenvalue weighted by atomic mass is 32.2. The number of ether oxygens (including phenoxy) is 2. The molecule has 2 heterocycles. The van der Waals surface area contributed by atoms with Gasteiger partial charge < -0.3 is 18.8 Å². The number of likely N-dealkylation sites (tertiary alicyclic amines) is 1. The highest BCUT2D eigenvalue weighted by Gasteiger charge is 2.26. The summed E-state index contributed by atoms with van der Waals surface area (Å²) in [7, 11) is -2.41. The Morgan fingerprint density at radius 3 is 2.54 bits per heavy atom. The van der Waals surface area contributed by atoms with Gasteiger partial charge in [-0.3, -0.25) is 0 Å². The van der Waals surface area contributed by atoms with Gasteiger partial charge in [-0.15, -0.1) is 0 Å². The van der Waals surface area contributed by atoms with E-state index in [0.717, 1.165) is 67.4 Å². The van der Waals surface area contributed by atoms with Crippen LogP contribution in [0.15, 0.2) is 57.8 Å². The summed E-state index contributed by atoms with van der Waals surface area (Å²) < 4.78 is 40.8. The van der Waals surface area contributed by atoms with Crippen molar-refractivity contribution in [2.24, 2.45) is 5.14 Å². The molecular weight excluding hydrogens is 466 g/mol. The Balaban J connectivity index is 1.38. The lowest BCUT2D eigenvalue weighted by Crippen LogP contribution is -2.34. The van der Waals surface area contributed by atoms with E-state index >= 15 is 0 Å². The summed E-state index contributed by atoms with van der Waals surface area (Å²) in [4.78, 5) is 7.24. The van der Waals surface area contributed by atoms with E-state index in [-0.39, 0.29) is 16.6 Å². The van der Waals surface area contributed by atoms with Gasteiger partial charge >= 0.3 is 0 Å². The summed E-state index contributed by atoms with van der Waals surface area (Å²) in [6.07, 6.45) is 2.63. The number of piperidine rings is 1. The number of hydrogen-bond donors (Lipinski definition) is 1. The van der Waals surface area contributed by atoms with Crippen LogP contribution in [-0.4, -0.2) is 51.7 Å². The minimum atomic E-state index is -3.84. The molecule has 1 saturated heterocycles. The van der Waals surface area contributed by atoms with Crippen molar-refractivity contribution in [3.8, 4) is 17.1 Å². The van der Waals surface area contributed by atoms with Crippen LogP contribution in [-0.2, 0) is 27.8 Å². The van der Waals surface area contributed by atoms with Gasteiger partial charge in [0.25, 0.3) is 0 Å². The standard InChI is InChI=1S/C26H33N3O5S/c1-3-33-18-22-25(20-7-5-4-6-8-20)34-26(28-22)21-12-15-29(16-13-21)14-11-19-9-10-23(32-2)24(17-19)35(27,30)31/h4-10,17,21H,3,11-16,18H2,1-2H3,(H2,27,30,31). The molecule has 0 unspecified atom stereocenters. The first-order valence-corrected chi connectivity index (χ1v) is 13.5. The molecule has 8 nitrogen and oxygen atoms in total. The van der Waals surface area contributed by atoms with Crippen LogP contribution < -0.4 is 9.88 Å². The van der Waals surface area contributed by atoms with Gasteiger partial charge in [0.1, 0.15) is 16.3 Å². The van der Waals surface area contributed by atoms with E-state index in [1.165, 1.54) is 7.11 Å². The van der Waals surface area contributed by atoms with Crippen LogP contribution in [0.25, 0.3) is 11.3 Å². The number of nitrogens with two attached hydrogens (primary N) is 1. The fourth-order valence-electron chi connectivity index (χ4n) is 4.45. The number of methoxy groups -OCH3 is 1. The maximum atomic E-state index is 11.9. The zero-order chi connectivity index (χ0) is 24.8. The SMILES string of the molecule is CCOCc1nc(C2CCN(CCc3ccc(OC)c(S(N)(=O)=O)c3)CC2)oc1-c1ccccc1. The molecule has 0 saturated carbocycles. The Morgan fingerprint density at radius 1 is 1.14 bits per heavy atom. The second kappa shape index (κ2) is 11.3. The molecular formula is C26H33N3O5S. The van der Waals surface area contributed by atoms with Crippen molar-refractivity contribution in [1.29, 1.82) is 0 Å². The lowest BCUT2D eigenvalue weighted by Gasteiger charge is -2.30. The molecule has 3 aromatic rings. The molecule has 4 rings (SSSR count). The number of rotatable bonds is 10. The van der Waals surface area contributed by atoms with Gasteiger partial charge in [-0.25, -0.2) is 18.5 Å². The first-order valence-electron chi connectivity index (χ1n) is 11.9. The predicted octanol–water partition coefficient (Wildman–Crippen LogP) is 3.96. The van der Waals surface area contributed by atoms with Gasteiger partial charge in [0.2, 0.25) is 10.0 Å². The number of aromatic nitrogens is 1. The Labute approximate surface area is 207 Å². The van der Waals surface area contributed by atoms with Crippen LogP contribution >= 0.6 is 0 Å². The second-order valence-electron chi connectivity index (χ2n) is 8.73. The highest BCUT2D eigenvalue weighted by molar-refractivity contribution is 7.89. The van der Waals surface area contributed by atoms with Gasteiger partial charge in [-0.2, -0.15) is 0 Å². The third-order valence-corrected chi connectivity index (χ3v) is 7.31. The molecule has 2 aromatic carbocycles. The van der Waals surface area contributed by atoms with Gasteiger partial charge in [-0.05, 0) is 57.0 Å². The lowest BCUT2D eigenvalue weighted by molar-refractivity contribution is 0.131. The summed E-state index contributed by atoms with van der Waals surface area (Å²) >= 11 is 0. The topological polar surface area (TPSA) is 108 Å². The van der Waals surface area contributed by atoms with Crippen LogP contribution in [0.4, 0.5) is 0 Å². The summed E-state index contributed by atoms with van der Waals surface area (Å²) in [6.45, 7) is 5.72. The molecule has 9 heteroatoms. The monoisotopic (exact) mass is 499 g/mol. The molecule has 1 aromatic heterocycles. The summed E-state index contributed by atoms with van der Waals surface area (Å²) in [5.41, 5.74) is 2.77. The van der Waals surface area contributed by atoms with E-state index in [2.05, 4.69) is 4.90 Å². The van der Waals surface area contributed by atoms with Crippen molar-refractivity contribution in [2.75, 3.05) is 33.4 Å². The van der Waals surface area contributed by atoms with E-state index < -0.39 is 10.0 Å². The number of benzene rings is 2. The maximum Gasteiger partial charge on any atom is 0.241 e. The molecule has 2 N–H and O–H groups in total. The average molecular weight is 500 g/mol. The number of hydrogen-bond acceptors (Lipinski definition) is 7. The third kappa shape index (κ3) is 6.29. The fraction of sp³-hybridized carbons (Fsp3) is 0.423. The van der Waals surface area contributed by atoms with Crippen LogP contribution in [0, 0.1) is 0 Å². The number of nitrogens with zero attached hydrogens (tertiary/aromatic N) is 2. The second-order valence-corrected chi connectivity index (χ2v) is 10.3. The zero-order valence-corrected chi connectivity index (χ0v) is 21.1. The van der Waals surface area contributed by atoms with Crippen LogP contribution in [0.5, 0.6) is 5.75 Å². The van der Waals surface area contributed by atoms with E-state index in [4.69, 9.17) is 24.0 Å². The summed E-state index contributed by atoms with van der Waals surface area (Å²) in [5.74, 6) is 2.11. The fourth-order valence-corrected chi connectivity index (χ4v) is 5.19. The highest BCUT2D eigenvalue weighted by Crippen LogP contribution is 2.33. The normalized spacial score (nSPS) is 15.4. The molecule has 1 aliphatic rings. The molecule has 0 atom stereocenters. The molecule has 0 aliphatic carbocycles. The van der Waals surface area contributed by atoms with Crippen LogP contribution in [0.1, 0.15) is 42.8 Å². The molecule has 188 valence electrons. The first kappa shape index (κ1) is 25.4. The van der Waals surface area contributed by atoms with E-state index in [1.54, 1.807) is 12.1 Å². The number of oxazole rings is 1. The quantitative estimate of drug-likeness (QED) is 0.450. The van der Waals surface area contributed by atoms with Crippen LogP contribution in [0.3, 0.4) is 0 Å². The predicted molar refractivity (Wildman–Crippen MR) is 134 cm³/mol. The molecule has 1 fully saturated rings. The molecule has 35 heavy (non-hydrogen) atoms. The molecule has 0 spiro atoms. The minimum Gasteiger partial charge on any atom is -0.495 e. The van der Waals surface area contributed by atoms with Crippen molar-refractivity contribution in [3.63, 3.8) is 0 Å². The van der Waals surface area contributed by atoms with Gasteiger partial charge in [0.15, 0.2) is 11.7 Å². The zero-order valence-electron chi connectivity index (χ0n) is 20.3. The largest absolute Gasteiger partial charge is 0.495 e. The minimum absolute atomic E-state index is 0.0252. The van der Waals surface area contributed by atoms with Crippen molar-refractivity contribution in [2.45, 2.75) is 43.6 Å². The number of primary sulfonamides is 1. The van der Waals surface area contributed by atoms with Gasteiger partial charge in [-0.1, -0.05) is 36.4 Å². The number of sulfonamides is 1. The summed E-state index contributed by atoms with van der Waals surface area (Å²) in [5, 5.41) is 5.35. The van der Waals surface area contributed by atoms with Gasteiger partial charge in [0, 0.05) is 24.6 Å². The van der Waals surface area contributed by atoms with Crippen molar-refractivity contribution >= 4 is 10.0 Å². The average Bonchev–Trinajstić information content (AvgIpc) is 3.30. The van der Waals surface area contributed by atoms with E-state index in [1.807, 2.05) is 43.3 Å². The first-order chi connectivity index (χ1) is 16.9. The van der Waals surface area contributed by atoms with Gasteiger partial charge in [0.05, 0.1) is 13.7 Å². The Hall–Kier alpha value is -2.72. The molecule has 1 aliphatic heterocycles. The Kier molecular flexibility index (Phi) is 8.22. The smallest absolute Gasteiger partial charge is 0.241 e. The van der Waals surface area contributed by atoms with Crippen molar-refractivity contribution in [3.05, 3.63) is 65.7 Å². The Bertz CT molecular complexity index is 1220. The molecule has 0 bridgehead atoms. The Morgan fingerprint density at radius 2 is 1.89 bits per heavy atom. The van der Waals surface area contributed by atoms with E-state index in [9.17, 15) is 8.42 Å².